The number of H-pyrrole nitrogens is 1. The summed E-state index contributed by atoms with van der Waals surface area (Å²) in [5.41, 5.74) is 2.28. The first-order valence-corrected chi connectivity index (χ1v) is 8.32. The molecule has 1 aromatic rings. The molecule has 3 heterocycles. The zero-order chi connectivity index (χ0) is 15.4. The molecule has 6 heteroatoms. The van der Waals surface area contributed by atoms with Crippen molar-refractivity contribution in [2.75, 3.05) is 26.3 Å². The van der Waals surface area contributed by atoms with Crippen molar-refractivity contribution in [3.8, 4) is 0 Å². The maximum absolute atomic E-state index is 12.5. The molecule has 0 radical (unpaired) electrons. The average Bonchev–Trinajstić information content (AvgIpc) is 3.16. The number of hydrogen-bond acceptors (Lipinski definition) is 4. The number of nitrogens with zero attached hydrogens (tertiary/aromatic N) is 2. The second kappa shape index (κ2) is 7.24. The van der Waals surface area contributed by atoms with Gasteiger partial charge in [0.05, 0.1) is 17.9 Å². The van der Waals surface area contributed by atoms with Gasteiger partial charge in [-0.15, -0.1) is 0 Å². The third-order valence-electron chi connectivity index (χ3n) is 4.87. The van der Waals surface area contributed by atoms with E-state index in [1.807, 2.05) is 6.20 Å². The van der Waals surface area contributed by atoms with Crippen LogP contribution in [-0.4, -0.2) is 53.3 Å². The molecule has 2 N–H and O–H groups in total. The highest BCUT2D eigenvalue weighted by Crippen LogP contribution is 2.21. The normalized spacial score (nSPS) is 23.8. The maximum Gasteiger partial charge on any atom is 0.237 e. The van der Waals surface area contributed by atoms with Crippen molar-refractivity contribution >= 4 is 5.91 Å². The molecular weight excluding hydrogens is 280 g/mol. The van der Waals surface area contributed by atoms with Crippen LogP contribution in [0, 0.1) is 12.8 Å². The minimum Gasteiger partial charge on any atom is -0.381 e. The summed E-state index contributed by atoms with van der Waals surface area (Å²) in [5.74, 6) is 0.753. The van der Waals surface area contributed by atoms with Gasteiger partial charge < -0.3 is 10.1 Å². The van der Waals surface area contributed by atoms with Gasteiger partial charge >= 0.3 is 0 Å². The molecule has 22 heavy (non-hydrogen) atoms. The van der Waals surface area contributed by atoms with Crippen molar-refractivity contribution < 1.29 is 9.53 Å². The maximum atomic E-state index is 12.5. The number of aromatic amines is 1. The molecule has 2 saturated heterocycles. The molecule has 1 amide bonds. The highest BCUT2D eigenvalue weighted by atomic mass is 16.5. The van der Waals surface area contributed by atoms with Crippen LogP contribution >= 0.6 is 0 Å². The van der Waals surface area contributed by atoms with Crippen LogP contribution in [0.1, 0.15) is 36.9 Å². The molecule has 0 aliphatic carbocycles. The zero-order valence-corrected chi connectivity index (χ0v) is 13.3. The van der Waals surface area contributed by atoms with Crippen molar-refractivity contribution in [1.29, 1.82) is 0 Å². The number of nitrogens with one attached hydrogen (secondary N) is 2. The average molecular weight is 306 g/mol. The van der Waals surface area contributed by atoms with Crippen LogP contribution in [0.3, 0.4) is 0 Å². The fraction of sp³-hybridized carbons (Fsp3) is 0.750. The van der Waals surface area contributed by atoms with Crippen molar-refractivity contribution in [3.05, 3.63) is 17.5 Å². The minimum absolute atomic E-state index is 0.00235. The zero-order valence-electron chi connectivity index (χ0n) is 13.3. The number of ether oxygens (including phenoxy) is 1. The first-order chi connectivity index (χ1) is 10.7. The predicted molar refractivity (Wildman–Crippen MR) is 83.3 cm³/mol. The van der Waals surface area contributed by atoms with E-state index in [4.69, 9.17) is 4.74 Å². The lowest BCUT2D eigenvalue weighted by Crippen LogP contribution is -2.44. The molecule has 2 aliphatic rings. The number of carbonyl (C=O) groups is 1. The summed E-state index contributed by atoms with van der Waals surface area (Å²) in [5, 5.41) is 10.3. The first-order valence-electron chi connectivity index (χ1n) is 8.32. The second-order valence-corrected chi connectivity index (χ2v) is 6.46. The molecule has 1 atom stereocenters. The number of aryl methyl sites for hydroxylation is 1. The summed E-state index contributed by atoms with van der Waals surface area (Å²) in [7, 11) is 0. The Kier molecular flexibility index (Phi) is 5.10. The molecule has 0 saturated carbocycles. The standard InChI is InChI=1S/C16H26N4O2/c1-12-9-18-19-14(12)11-20-6-2-3-15(20)16(21)17-10-13-4-7-22-8-5-13/h9,13,15H,2-8,10-11H2,1H3,(H,17,21)(H,18,19). The number of rotatable bonds is 5. The Balaban J connectivity index is 1.51. The van der Waals surface area contributed by atoms with E-state index in [2.05, 4.69) is 27.3 Å². The molecular formula is C16H26N4O2. The summed E-state index contributed by atoms with van der Waals surface area (Å²) in [6.07, 6.45) is 5.99. The molecule has 6 nitrogen and oxygen atoms in total. The number of hydrogen-bond donors (Lipinski definition) is 2. The van der Waals surface area contributed by atoms with E-state index in [0.717, 1.165) is 69.8 Å². The number of amides is 1. The van der Waals surface area contributed by atoms with Crippen LogP contribution in [0.5, 0.6) is 0 Å². The van der Waals surface area contributed by atoms with Crippen LogP contribution in [0.25, 0.3) is 0 Å². The Hall–Kier alpha value is -1.40. The SMILES string of the molecule is Cc1cn[nH]c1CN1CCCC1C(=O)NCC1CCOCC1. The van der Waals surface area contributed by atoms with Gasteiger partial charge in [-0.25, -0.2) is 0 Å². The Morgan fingerprint density at radius 2 is 2.27 bits per heavy atom. The Morgan fingerprint density at radius 3 is 3.00 bits per heavy atom. The summed E-state index contributed by atoms with van der Waals surface area (Å²) in [4.78, 5) is 14.8. The molecule has 2 fully saturated rings. The summed E-state index contributed by atoms with van der Waals surface area (Å²) >= 11 is 0. The van der Waals surface area contributed by atoms with Gasteiger partial charge in [-0.3, -0.25) is 14.8 Å². The van der Waals surface area contributed by atoms with Crippen LogP contribution < -0.4 is 5.32 Å². The highest BCUT2D eigenvalue weighted by Gasteiger charge is 2.31. The van der Waals surface area contributed by atoms with Crippen LogP contribution in [0.15, 0.2) is 6.20 Å². The second-order valence-electron chi connectivity index (χ2n) is 6.46. The lowest BCUT2D eigenvalue weighted by Gasteiger charge is -2.26. The van der Waals surface area contributed by atoms with E-state index in [1.54, 1.807) is 0 Å². The lowest BCUT2D eigenvalue weighted by molar-refractivity contribution is -0.126. The lowest BCUT2D eigenvalue weighted by atomic mass is 10.0. The van der Waals surface area contributed by atoms with Gasteiger partial charge in [-0.05, 0) is 50.6 Å². The van der Waals surface area contributed by atoms with Gasteiger partial charge in [-0.2, -0.15) is 5.10 Å². The predicted octanol–water partition coefficient (Wildman–Crippen LogP) is 1.23. The fourth-order valence-corrected chi connectivity index (χ4v) is 3.36. The molecule has 3 rings (SSSR count). The van der Waals surface area contributed by atoms with Crippen LogP contribution in [0.4, 0.5) is 0 Å². The molecule has 0 spiro atoms. The minimum atomic E-state index is 0.00235. The number of aromatic nitrogens is 2. The van der Waals surface area contributed by atoms with E-state index >= 15 is 0 Å². The Labute approximate surface area is 131 Å². The molecule has 1 aromatic heterocycles. The molecule has 0 aromatic carbocycles. The fourth-order valence-electron chi connectivity index (χ4n) is 3.36. The van der Waals surface area contributed by atoms with Gasteiger partial charge in [0.1, 0.15) is 0 Å². The first kappa shape index (κ1) is 15.5. The smallest absolute Gasteiger partial charge is 0.237 e. The third-order valence-corrected chi connectivity index (χ3v) is 4.87. The molecule has 0 bridgehead atoms. The molecule has 2 aliphatic heterocycles. The van der Waals surface area contributed by atoms with E-state index < -0.39 is 0 Å². The topological polar surface area (TPSA) is 70.2 Å². The van der Waals surface area contributed by atoms with Gasteiger partial charge in [0, 0.05) is 26.3 Å². The highest BCUT2D eigenvalue weighted by molar-refractivity contribution is 5.82. The quantitative estimate of drug-likeness (QED) is 0.858. The Bertz CT molecular complexity index is 496. The van der Waals surface area contributed by atoms with E-state index in [1.165, 1.54) is 0 Å². The third kappa shape index (κ3) is 3.67. The van der Waals surface area contributed by atoms with Crippen molar-refractivity contribution in [1.82, 2.24) is 20.4 Å². The van der Waals surface area contributed by atoms with E-state index in [0.29, 0.717) is 5.92 Å². The number of likely N-dealkylation sites (tertiary alicyclic amines) is 1. The van der Waals surface area contributed by atoms with Crippen molar-refractivity contribution in [2.45, 2.75) is 45.2 Å². The monoisotopic (exact) mass is 306 g/mol. The molecule has 122 valence electrons. The van der Waals surface area contributed by atoms with Gasteiger partial charge in [0.15, 0.2) is 0 Å². The van der Waals surface area contributed by atoms with Crippen molar-refractivity contribution in [3.63, 3.8) is 0 Å². The number of carbonyl (C=O) groups excluding carboxylic acids is 1. The van der Waals surface area contributed by atoms with E-state index in [9.17, 15) is 4.79 Å². The van der Waals surface area contributed by atoms with Gasteiger partial charge in [0.25, 0.3) is 0 Å². The van der Waals surface area contributed by atoms with Gasteiger partial charge in [-0.1, -0.05) is 0 Å². The van der Waals surface area contributed by atoms with E-state index in [-0.39, 0.29) is 11.9 Å². The summed E-state index contributed by atoms with van der Waals surface area (Å²) in [6, 6.07) is 0.00235. The van der Waals surface area contributed by atoms with Crippen LogP contribution in [0.2, 0.25) is 0 Å². The molecule has 1 unspecified atom stereocenters. The Morgan fingerprint density at radius 1 is 1.45 bits per heavy atom. The van der Waals surface area contributed by atoms with Crippen molar-refractivity contribution in [2.24, 2.45) is 5.92 Å². The van der Waals surface area contributed by atoms with Gasteiger partial charge in [0.2, 0.25) is 5.91 Å². The summed E-state index contributed by atoms with van der Waals surface area (Å²) < 4.78 is 5.36. The van der Waals surface area contributed by atoms with Crippen LogP contribution in [-0.2, 0) is 16.1 Å². The summed E-state index contributed by atoms with van der Waals surface area (Å²) in [6.45, 7) is 6.25. The largest absolute Gasteiger partial charge is 0.381 e.